The molecule has 0 aliphatic carbocycles. The molecule has 0 saturated carbocycles. The predicted octanol–water partition coefficient (Wildman–Crippen LogP) is 5.02. The molecule has 4 aromatic rings. The van der Waals surface area contributed by atoms with Crippen molar-refractivity contribution in [2.45, 2.75) is 39.4 Å². The number of nitrogens with one attached hydrogen (secondary N) is 1. The minimum atomic E-state index is -0.836. The maximum absolute atomic E-state index is 13.9. The van der Waals surface area contributed by atoms with Gasteiger partial charge in [0.25, 0.3) is 0 Å². The number of carbonyl (C=O) groups excluding carboxylic acids is 2. The van der Waals surface area contributed by atoms with Crippen molar-refractivity contribution in [2.24, 2.45) is 5.92 Å². The van der Waals surface area contributed by atoms with Crippen molar-refractivity contribution in [1.82, 2.24) is 25.2 Å². The average molecular weight is 504 g/mol. The van der Waals surface area contributed by atoms with Crippen LogP contribution in [0, 0.1) is 5.92 Å². The summed E-state index contributed by atoms with van der Waals surface area (Å²) in [7, 11) is 0. The van der Waals surface area contributed by atoms with E-state index in [1.165, 1.54) is 0 Å². The van der Waals surface area contributed by atoms with Crippen LogP contribution in [0.1, 0.15) is 37.4 Å². The summed E-state index contributed by atoms with van der Waals surface area (Å²) in [6.07, 6.45) is 0.844. The molecule has 0 bridgehead atoms. The van der Waals surface area contributed by atoms with Crippen LogP contribution in [0.25, 0.3) is 11.0 Å². The summed E-state index contributed by atoms with van der Waals surface area (Å²) in [5.41, 5.74) is 2.94. The molecule has 0 saturated heterocycles. The van der Waals surface area contributed by atoms with E-state index in [1.54, 1.807) is 15.6 Å². The molecule has 0 unspecified atom stereocenters. The lowest BCUT2D eigenvalue weighted by Crippen LogP contribution is -2.45. The van der Waals surface area contributed by atoms with E-state index in [4.69, 9.17) is 11.6 Å². The van der Waals surface area contributed by atoms with E-state index in [0.29, 0.717) is 23.0 Å². The fourth-order valence-corrected chi connectivity index (χ4v) is 4.27. The normalized spacial score (nSPS) is 12.0. The zero-order chi connectivity index (χ0) is 25.5. The minimum Gasteiger partial charge on any atom is -0.354 e. The summed E-state index contributed by atoms with van der Waals surface area (Å²) in [6, 6.07) is 23.3. The summed E-state index contributed by atoms with van der Waals surface area (Å²) in [4.78, 5) is 29.1. The molecule has 3 aromatic carbocycles. The number of carbonyl (C=O) groups is 2. The second-order valence-corrected chi connectivity index (χ2v) is 9.54. The Hall–Kier alpha value is -3.71. The number of fused-ring (bicyclic) bond motifs is 1. The Kier molecular flexibility index (Phi) is 8.33. The number of para-hydroxylation sites is 1. The van der Waals surface area contributed by atoms with Gasteiger partial charge in [0, 0.05) is 18.1 Å². The molecule has 1 atom stereocenters. The monoisotopic (exact) mass is 503 g/mol. The molecular weight excluding hydrogens is 474 g/mol. The molecular formula is C28H30ClN5O2. The smallest absolute Gasteiger partial charge is 0.247 e. The zero-order valence-corrected chi connectivity index (χ0v) is 21.2. The van der Waals surface area contributed by atoms with Gasteiger partial charge in [0.05, 0.1) is 5.52 Å². The molecule has 0 radical (unpaired) electrons. The highest BCUT2D eigenvalue weighted by atomic mass is 35.5. The van der Waals surface area contributed by atoms with Crippen molar-refractivity contribution in [2.75, 3.05) is 6.54 Å². The zero-order valence-electron chi connectivity index (χ0n) is 20.5. The van der Waals surface area contributed by atoms with E-state index < -0.39 is 6.04 Å². The molecule has 2 amide bonds. The van der Waals surface area contributed by atoms with Gasteiger partial charge in [-0.2, -0.15) is 0 Å². The lowest BCUT2D eigenvalue weighted by molar-refractivity contribution is -0.142. The average Bonchev–Trinajstić information content (AvgIpc) is 3.28. The lowest BCUT2D eigenvalue weighted by atomic mass is 10.0. The van der Waals surface area contributed by atoms with Crippen LogP contribution in [0.5, 0.6) is 0 Å². The van der Waals surface area contributed by atoms with Crippen LogP contribution in [0.2, 0.25) is 5.02 Å². The van der Waals surface area contributed by atoms with Crippen LogP contribution in [-0.2, 0) is 22.7 Å². The molecule has 0 aliphatic heterocycles. The third kappa shape index (κ3) is 6.10. The predicted molar refractivity (Wildman–Crippen MR) is 141 cm³/mol. The second-order valence-electron chi connectivity index (χ2n) is 9.14. The van der Waals surface area contributed by atoms with Crippen molar-refractivity contribution in [1.29, 1.82) is 0 Å². The molecule has 186 valence electrons. The van der Waals surface area contributed by atoms with Crippen LogP contribution in [0.15, 0.2) is 78.9 Å². The number of halogens is 1. The Labute approximate surface area is 216 Å². The number of hydrogen-bond acceptors (Lipinski definition) is 4. The van der Waals surface area contributed by atoms with Crippen LogP contribution in [0.4, 0.5) is 0 Å². The minimum absolute atomic E-state index is 0.0619. The molecule has 1 aromatic heterocycles. The standard InChI is InChI=1S/C28H30ClN5O2/c1-20(2)16-17-30-28(36)27(21-10-4-3-5-11-21)33(18-22-12-6-7-13-23(22)29)26(35)19-34-25-15-9-8-14-24(25)31-32-34/h3-15,20,27H,16-19H2,1-2H3,(H,30,36)/t27-/m1/s1. The van der Waals surface area contributed by atoms with Crippen LogP contribution < -0.4 is 5.32 Å². The highest BCUT2D eigenvalue weighted by Crippen LogP contribution is 2.27. The first-order valence-corrected chi connectivity index (χ1v) is 12.5. The second kappa shape index (κ2) is 11.8. The lowest BCUT2D eigenvalue weighted by Gasteiger charge is -2.32. The Bertz CT molecular complexity index is 1320. The van der Waals surface area contributed by atoms with Crippen molar-refractivity contribution in [3.8, 4) is 0 Å². The molecule has 1 heterocycles. The third-order valence-electron chi connectivity index (χ3n) is 6.02. The van der Waals surface area contributed by atoms with Crippen molar-refractivity contribution in [3.63, 3.8) is 0 Å². The SMILES string of the molecule is CC(C)CCNC(=O)[C@@H](c1ccccc1)N(Cc1ccccc1Cl)C(=O)Cn1nnc2ccccc21. The number of benzene rings is 3. The van der Waals surface area contributed by atoms with Crippen molar-refractivity contribution < 1.29 is 9.59 Å². The van der Waals surface area contributed by atoms with E-state index >= 15 is 0 Å². The Morgan fingerprint density at radius 3 is 2.42 bits per heavy atom. The van der Waals surface area contributed by atoms with E-state index in [1.807, 2.05) is 72.8 Å². The molecule has 0 spiro atoms. The number of hydrogen-bond donors (Lipinski definition) is 1. The highest BCUT2D eigenvalue weighted by molar-refractivity contribution is 6.31. The number of aromatic nitrogens is 3. The van der Waals surface area contributed by atoms with Gasteiger partial charge in [-0.05, 0) is 41.7 Å². The molecule has 0 aliphatic rings. The van der Waals surface area contributed by atoms with Gasteiger partial charge < -0.3 is 10.2 Å². The van der Waals surface area contributed by atoms with Gasteiger partial charge in [0.2, 0.25) is 11.8 Å². The summed E-state index contributed by atoms with van der Waals surface area (Å²) in [5.74, 6) is -0.0499. The van der Waals surface area contributed by atoms with Gasteiger partial charge in [-0.3, -0.25) is 9.59 Å². The molecule has 4 rings (SSSR count). The summed E-state index contributed by atoms with van der Waals surface area (Å²) >= 11 is 6.48. The summed E-state index contributed by atoms with van der Waals surface area (Å²) < 4.78 is 1.57. The quantitative estimate of drug-likeness (QED) is 0.329. The molecule has 1 N–H and O–H groups in total. The van der Waals surface area contributed by atoms with E-state index in [-0.39, 0.29) is 24.9 Å². The summed E-state index contributed by atoms with van der Waals surface area (Å²) in [6.45, 7) is 4.85. The molecule has 0 fully saturated rings. The molecule has 36 heavy (non-hydrogen) atoms. The van der Waals surface area contributed by atoms with Gasteiger partial charge in [0.15, 0.2) is 0 Å². The first-order chi connectivity index (χ1) is 17.4. The Morgan fingerprint density at radius 2 is 1.67 bits per heavy atom. The van der Waals surface area contributed by atoms with Gasteiger partial charge in [-0.1, -0.05) is 91.3 Å². The highest BCUT2D eigenvalue weighted by Gasteiger charge is 2.32. The van der Waals surface area contributed by atoms with Crippen LogP contribution in [0.3, 0.4) is 0 Å². The largest absolute Gasteiger partial charge is 0.354 e. The van der Waals surface area contributed by atoms with E-state index in [0.717, 1.165) is 23.1 Å². The van der Waals surface area contributed by atoms with Gasteiger partial charge >= 0.3 is 0 Å². The maximum Gasteiger partial charge on any atom is 0.247 e. The van der Waals surface area contributed by atoms with E-state index in [2.05, 4.69) is 29.5 Å². The van der Waals surface area contributed by atoms with Gasteiger partial charge in [-0.15, -0.1) is 5.10 Å². The topological polar surface area (TPSA) is 80.1 Å². The molecule has 7 nitrogen and oxygen atoms in total. The number of rotatable bonds is 10. The fourth-order valence-electron chi connectivity index (χ4n) is 4.08. The third-order valence-corrected chi connectivity index (χ3v) is 6.39. The van der Waals surface area contributed by atoms with Crippen molar-refractivity contribution in [3.05, 3.63) is 95.0 Å². The number of amides is 2. The maximum atomic E-state index is 13.9. The van der Waals surface area contributed by atoms with Gasteiger partial charge in [-0.25, -0.2) is 4.68 Å². The van der Waals surface area contributed by atoms with Crippen LogP contribution in [-0.4, -0.2) is 38.3 Å². The molecule has 8 heteroatoms. The van der Waals surface area contributed by atoms with E-state index in [9.17, 15) is 9.59 Å². The number of nitrogens with zero attached hydrogens (tertiary/aromatic N) is 4. The fraction of sp³-hybridized carbons (Fsp3) is 0.286. The first kappa shape index (κ1) is 25.4. The first-order valence-electron chi connectivity index (χ1n) is 12.1. The van der Waals surface area contributed by atoms with Gasteiger partial charge in [0.1, 0.15) is 18.1 Å². The Balaban J connectivity index is 1.71. The Morgan fingerprint density at radius 1 is 0.972 bits per heavy atom. The summed E-state index contributed by atoms with van der Waals surface area (Å²) in [5, 5.41) is 11.9. The van der Waals surface area contributed by atoms with Crippen molar-refractivity contribution >= 4 is 34.4 Å². The van der Waals surface area contributed by atoms with Crippen LogP contribution >= 0.6 is 11.6 Å².